The molecule has 0 fully saturated rings. The van der Waals surface area contributed by atoms with Crippen molar-refractivity contribution in [2.45, 2.75) is 27.4 Å². The lowest BCUT2D eigenvalue weighted by Gasteiger charge is -2.12. The van der Waals surface area contributed by atoms with Gasteiger partial charge in [0.05, 0.1) is 6.61 Å². The molecule has 0 saturated carbocycles. The number of hydrogen-bond acceptors (Lipinski definition) is 5. The minimum Gasteiger partial charge on any atom is -0.494 e. The number of nitrogens with zero attached hydrogens (tertiary/aromatic N) is 3. The first-order valence-electron chi connectivity index (χ1n) is 9.68. The number of rotatable bonds is 6. The molecule has 2 aromatic carbocycles. The monoisotopic (exact) mass is 385 g/mol. The number of ether oxygens (including phenoxy) is 2. The Morgan fingerprint density at radius 1 is 0.897 bits per heavy atom. The first-order valence-corrected chi connectivity index (χ1v) is 9.68. The zero-order valence-corrected chi connectivity index (χ0v) is 16.8. The second-order valence-corrected chi connectivity index (χ2v) is 6.92. The smallest absolute Gasteiger partial charge is 0.178 e. The van der Waals surface area contributed by atoms with Gasteiger partial charge in [-0.05, 0) is 68.3 Å². The van der Waals surface area contributed by atoms with Crippen molar-refractivity contribution in [1.82, 2.24) is 15.0 Å². The van der Waals surface area contributed by atoms with Gasteiger partial charge in [-0.25, -0.2) is 15.0 Å². The number of benzene rings is 2. The fraction of sp³-hybridized carbons (Fsp3) is 0.208. The zero-order chi connectivity index (χ0) is 20.2. The summed E-state index contributed by atoms with van der Waals surface area (Å²) in [6.07, 6.45) is 1.75. The van der Waals surface area contributed by atoms with E-state index in [2.05, 4.69) is 23.0 Å². The van der Waals surface area contributed by atoms with Crippen molar-refractivity contribution in [3.8, 4) is 23.0 Å². The maximum Gasteiger partial charge on any atom is 0.178 e. The lowest BCUT2D eigenvalue weighted by atomic mass is 10.1. The van der Waals surface area contributed by atoms with Crippen molar-refractivity contribution in [2.24, 2.45) is 0 Å². The lowest BCUT2D eigenvalue weighted by Crippen LogP contribution is -2.00. The second-order valence-electron chi connectivity index (χ2n) is 6.92. The molecule has 0 N–H and O–H groups in total. The van der Waals surface area contributed by atoms with E-state index >= 15 is 0 Å². The Labute approximate surface area is 170 Å². The molecule has 29 heavy (non-hydrogen) atoms. The van der Waals surface area contributed by atoms with Gasteiger partial charge >= 0.3 is 0 Å². The van der Waals surface area contributed by atoms with Crippen molar-refractivity contribution in [3.63, 3.8) is 0 Å². The maximum absolute atomic E-state index is 6.18. The van der Waals surface area contributed by atoms with Crippen LogP contribution in [0.5, 0.6) is 11.5 Å². The molecule has 5 heteroatoms. The van der Waals surface area contributed by atoms with Gasteiger partial charge in [-0.3, -0.25) is 0 Å². The summed E-state index contributed by atoms with van der Waals surface area (Å²) < 4.78 is 11.8. The van der Waals surface area contributed by atoms with Gasteiger partial charge in [0.15, 0.2) is 5.82 Å². The third-order valence-corrected chi connectivity index (χ3v) is 4.53. The molecule has 4 aromatic rings. The highest BCUT2D eigenvalue weighted by atomic mass is 16.5. The van der Waals surface area contributed by atoms with Crippen LogP contribution in [-0.2, 0) is 6.61 Å². The summed E-state index contributed by atoms with van der Waals surface area (Å²) in [7, 11) is 0. The van der Waals surface area contributed by atoms with Crippen molar-refractivity contribution in [2.75, 3.05) is 6.61 Å². The predicted molar refractivity (Wildman–Crippen MR) is 114 cm³/mol. The fourth-order valence-corrected chi connectivity index (χ4v) is 3.21. The Morgan fingerprint density at radius 2 is 1.79 bits per heavy atom. The normalized spacial score (nSPS) is 10.9. The standard InChI is InChI=1S/C24H23N3O2/c1-4-28-20-7-5-6-18(14-20)15-29-22-13-16(2)12-19-8-9-21(27-23(19)22)24-25-11-10-17(3)26-24/h5-14H,4,15H2,1-3H3. The highest BCUT2D eigenvalue weighted by Crippen LogP contribution is 2.29. The molecule has 146 valence electrons. The van der Waals surface area contributed by atoms with Crippen LogP contribution in [-0.4, -0.2) is 21.6 Å². The van der Waals surface area contributed by atoms with Crippen LogP contribution in [0.3, 0.4) is 0 Å². The molecule has 0 bridgehead atoms. The minimum absolute atomic E-state index is 0.437. The zero-order valence-electron chi connectivity index (χ0n) is 16.8. The van der Waals surface area contributed by atoms with Gasteiger partial charge in [-0.15, -0.1) is 0 Å². The summed E-state index contributed by atoms with van der Waals surface area (Å²) >= 11 is 0. The van der Waals surface area contributed by atoms with Crippen LogP contribution in [0.25, 0.3) is 22.4 Å². The van der Waals surface area contributed by atoms with Gasteiger partial charge in [-0.2, -0.15) is 0 Å². The van der Waals surface area contributed by atoms with Gasteiger partial charge in [0.2, 0.25) is 0 Å². The molecule has 5 nitrogen and oxygen atoms in total. The highest BCUT2D eigenvalue weighted by molar-refractivity contribution is 5.87. The molecule has 0 radical (unpaired) electrons. The largest absolute Gasteiger partial charge is 0.494 e. The summed E-state index contributed by atoms with van der Waals surface area (Å²) in [4.78, 5) is 13.7. The van der Waals surface area contributed by atoms with Crippen LogP contribution in [0.1, 0.15) is 23.7 Å². The number of fused-ring (bicyclic) bond motifs is 1. The van der Waals surface area contributed by atoms with Crippen LogP contribution in [0.15, 0.2) is 60.8 Å². The second kappa shape index (κ2) is 8.27. The molecule has 0 unspecified atom stereocenters. The van der Waals surface area contributed by atoms with E-state index in [0.717, 1.165) is 44.9 Å². The van der Waals surface area contributed by atoms with E-state index < -0.39 is 0 Å². The van der Waals surface area contributed by atoms with Gasteiger partial charge in [0, 0.05) is 17.3 Å². The van der Waals surface area contributed by atoms with Crippen LogP contribution in [0.4, 0.5) is 0 Å². The van der Waals surface area contributed by atoms with E-state index in [1.165, 1.54) is 0 Å². The third-order valence-electron chi connectivity index (χ3n) is 4.53. The van der Waals surface area contributed by atoms with Crippen LogP contribution in [0.2, 0.25) is 0 Å². The number of aryl methyl sites for hydroxylation is 2. The number of hydrogen-bond donors (Lipinski definition) is 0. The Morgan fingerprint density at radius 3 is 2.62 bits per heavy atom. The van der Waals surface area contributed by atoms with Gasteiger partial charge in [-0.1, -0.05) is 18.2 Å². The summed E-state index contributed by atoms with van der Waals surface area (Å²) in [5.74, 6) is 2.21. The van der Waals surface area contributed by atoms with E-state index in [4.69, 9.17) is 14.5 Å². The lowest BCUT2D eigenvalue weighted by molar-refractivity contribution is 0.306. The van der Waals surface area contributed by atoms with E-state index in [0.29, 0.717) is 19.0 Å². The molecule has 0 atom stereocenters. The van der Waals surface area contributed by atoms with E-state index in [9.17, 15) is 0 Å². The molecule has 2 heterocycles. The Bertz CT molecular complexity index is 1160. The van der Waals surface area contributed by atoms with Crippen molar-refractivity contribution in [3.05, 3.63) is 77.6 Å². The van der Waals surface area contributed by atoms with Crippen LogP contribution >= 0.6 is 0 Å². The fourth-order valence-electron chi connectivity index (χ4n) is 3.21. The summed E-state index contributed by atoms with van der Waals surface area (Å²) in [6, 6.07) is 17.9. The number of pyridine rings is 1. The summed E-state index contributed by atoms with van der Waals surface area (Å²) in [5, 5.41) is 1.03. The van der Waals surface area contributed by atoms with E-state index in [1.807, 2.05) is 62.4 Å². The molecule has 4 rings (SSSR count). The van der Waals surface area contributed by atoms with Gasteiger partial charge < -0.3 is 9.47 Å². The molecular weight excluding hydrogens is 362 g/mol. The molecule has 0 amide bonds. The van der Waals surface area contributed by atoms with Crippen LogP contribution < -0.4 is 9.47 Å². The average molecular weight is 385 g/mol. The Kier molecular flexibility index (Phi) is 5.38. The van der Waals surface area contributed by atoms with E-state index in [-0.39, 0.29) is 0 Å². The molecule has 0 spiro atoms. The SMILES string of the molecule is CCOc1cccc(COc2cc(C)cc3ccc(-c4nccc(C)n4)nc23)c1. The summed E-state index contributed by atoms with van der Waals surface area (Å²) in [6.45, 7) is 7.05. The molecule has 2 aromatic heterocycles. The topological polar surface area (TPSA) is 57.1 Å². The summed E-state index contributed by atoms with van der Waals surface area (Å²) in [5.41, 5.74) is 4.61. The van der Waals surface area contributed by atoms with Gasteiger partial charge in [0.1, 0.15) is 29.3 Å². The Hall–Kier alpha value is -3.47. The van der Waals surface area contributed by atoms with Crippen molar-refractivity contribution < 1.29 is 9.47 Å². The van der Waals surface area contributed by atoms with Gasteiger partial charge in [0.25, 0.3) is 0 Å². The van der Waals surface area contributed by atoms with Crippen molar-refractivity contribution in [1.29, 1.82) is 0 Å². The first-order chi connectivity index (χ1) is 14.1. The first kappa shape index (κ1) is 18.9. The average Bonchev–Trinajstić information content (AvgIpc) is 2.72. The minimum atomic E-state index is 0.437. The highest BCUT2D eigenvalue weighted by Gasteiger charge is 2.10. The molecular formula is C24H23N3O2. The van der Waals surface area contributed by atoms with Crippen LogP contribution in [0, 0.1) is 13.8 Å². The van der Waals surface area contributed by atoms with E-state index in [1.54, 1.807) is 6.20 Å². The predicted octanol–water partition coefficient (Wildman–Crippen LogP) is 5.29. The molecule has 0 aliphatic carbocycles. The number of aromatic nitrogens is 3. The quantitative estimate of drug-likeness (QED) is 0.452. The maximum atomic E-state index is 6.18. The molecule has 0 aliphatic rings. The molecule has 0 saturated heterocycles. The van der Waals surface area contributed by atoms with Crippen molar-refractivity contribution >= 4 is 10.9 Å². The molecule has 0 aliphatic heterocycles. The Balaban J connectivity index is 1.67. The third kappa shape index (κ3) is 4.35.